The summed E-state index contributed by atoms with van der Waals surface area (Å²) in [4.78, 5) is 28.3. The Morgan fingerprint density at radius 1 is 1.03 bits per heavy atom. The molecule has 1 amide bonds. The predicted molar refractivity (Wildman–Crippen MR) is 144 cm³/mol. The SMILES string of the molecule is CCOC(=O)c1cn(-c2ccc(OCc3ccccc3)cc2)nc1N(C(=O)[C@H]1CC[C@H](C)CC1)C(C)C. The summed E-state index contributed by atoms with van der Waals surface area (Å²) in [6.45, 7) is 8.63. The molecule has 1 fully saturated rings. The number of hydrogen-bond acceptors (Lipinski definition) is 5. The molecule has 7 nitrogen and oxygen atoms in total. The summed E-state index contributed by atoms with van der Waals surface area (Å²) < 4.78 is 12.9. The van der Waals surface area contributed by atoms with E-state index in [0.29, 0.717) is 18.3 Å². The fourth-order valence-electron chi connectivity index (χ4n) is 4.77. The van der Waals surface area contributed by atoms with Crippen LogP contribution >= 0.6 is 0 Å². The zero-order chi connectivity index (χ0) is 26.4. The first kappa shape index (κ1) is 26.5. The molecule has 0 N–H and O–H groups in total. The molecular weight excluding hydrogens is 466 g/mol. The van der Waals surface area contributed by atoms with Crippen LogP contribution in [0.15, 0.2) is 60.8 Å². The summed E-state index contributed by atoms with van der Waals surface area (Å²) in [5.74, 6) is 1.22. The number of carbonyl (C=O) groups is 2. The van der Waals surface area contributed by atoms with Crippen LogP contribution in [0.3, 0.4) is 0 Å². The third-order valence-electron chi connectivity index (χ3n) is 6.89. The quantitative estimate of drug-likeness (QED) is 0.325. The van der Waals surface area contributed by atoms with E-state index < -0.39 is 5.97 Å². The molecule has 0 radical (unpaired) electrons. The van der Waals surface area contributed by atoms with E-state index in [1.54, 1.807) is 22.7 Å². The summed E-state index contributed by atoms with van der Waals surface area (Å²) in [6, 6.07) is 17.3. The number of amides is 1. The van der Waals surface area contributed by atoms with E-state index in [1.807, 2.05) is 68.4 Å². The Bertz CT molecular complexity index is 1180. The molecule has 1 heterocycles. The van der Waals surface area contributed by atoms with Crippen molar-refractivity contribution >= 4 is 17.7 Å². The lowest BCUT2D eigenvalue weighted by molar-refractivity contribution is -0.124. The zero-order valence-corrected chi connectivity index (χ0v) is 22.2. The van der Waals surface area contributed by atoms with Gasteiger partial charge in [-0.3, -0.25) is 9.69 Å². The molecule has 0 saturated heterocycles. The van der Waals surface area contributed by atoms with Gasteiger partial charge in [0.05, 0.1) is 12.3 Å². The normalized spacial score (nSPS) is 17.4. The van der Waals surface area contributed by atoms with Gasteiger partial charge in [0, 0.05) is 18.2 Å². The van der Waals surface area contributed by atoms with E-state index in [-0.39, 0.29) is 30.0 Å². The number of ether oxygens (including phenoxy) is 2. The molecule has 1 saturated carbocycles. The van der Waals surface area contributed by atoms with Crippen LogP contribution in [0.1, 0.15) is 69.3 Å². The largest absolute Gasteiger partial charge is 0.489 e. The second-order valence-electron chi connectivity index (χ2n) is 10.1. The number of anilines is 1. The molecule has 1 aromatic heterocycles. The van der Waals surface area contributed by atoms with Crippen molar-refractivity contribution in [1.82, 2.24) is 9.78 Å². The molecule has 7 heteroatoms. The van der Waals surface area contributed by atoms with Crippen LogP contribution < -0.4 is 9.64 Å². The van der Waals surface area contributed by atoms with Gasteiger partial charge in [-0.1, -0.05) is 37.3 Å². The molecule has 2 aromatic carbocycles. The number of esters is 1. The number of carbonyl (C=O) groups excluding carboxylic acids is 2. The monoisotopic (exact) mass is 503 g/mol. The lowest BCUT2D eigenvalue weighted by atomic mass is 9.82. The topological polar surface area (TPSA) is 73.7 Å². The van der Waals surface area contributed by atoms with Gasteiger partial charge in [0.15, 0.2) is 5.82 Å². The Labute approximate surface area is 219 Å². The molecule has 196 valence electrons. The predicted octanol–water partition coefficient (Wildman–Crippen LogP) is 6.20. The highest BCUT2D eigenvalue weighted by atomic mass is 16.5. The first-order chi connectivity index (χ1) is 17.9. The lowest BCUT2D eigenvalue weighted by Crippen LogP contribution is -2.43. The molecule has 0 bridgehead atoms. The fourth-order valence-corrected chi connectivity index (χ4v) is 4.77. The maximum atomic E-state index is 13.7. The molecule has 1 aliphatic carbocycles. The van der Waals surface area contributed by atoms with E-state index in [0.717, 1.165) is 42.7 Å². The van der Waals surface area contributed by atoms with E-state index in [9.17, 15) is 9.59 Å². The minimum absolute atomic E-state index is 0.0300. The van der Waals surface area contributed by atoms with Gasteiger partial charge in [-0.05, 0) is 82.2 Å². The molecule has 4 rings (SSSR count). The van der Waals surface area contributed by atoms with Crippen LogP contribution in [0, 0.1) is 11.8 Å². The number of aromatic nitrogens is 2. The van der Waals surface area contributed by atoms with Gasteiger partial charge < -0.3 is 9.47 Å². The molecule has 1 aliphatic rings. The van der Waals surface area contributed by atoms with E-state index in [1.165, 1.54) is 0 Å². The second kappa shape index (κ2) is 12.1. The Morgan fingerprint density at radius 3 is 2.32 bits per heavy atom. The van der Waals surface area contributed by atoms with Crippen LogP contribution in [0.5, 0.6) is 5.75 Å². The Balaban J connectivity index is 1.60. The number of rotatable bonds is 9. The molecule has 3 aromatic rings. The minimum Gasteiger partial charge on any atom is -0.489 e. The van der Waals surface area contributed by atoms with Gasteiger partial charge >= 0.3 is 5.97 Å². The van der Waals surface area contributed by atoms with E-state index in [4.69, 9.17) is 14.6 Å². The molecule has 37 heavy (non-hydrogen) atoms. The van der Waals surface area contributed by atoms with Crippen molar-refractivity contribution in [3.63, 3.8) is 0 Å². The van der Waals surface area contributed by atoms with Crippen LogP contribution in [-0.2, 0) is 16.1 Å². The lowest BCUT2D eigenvalue weighted by Gasteiger charge is -2.32. The third-order valence-corrected chi connectivity index (χ3v) is 6.89. The highest BCUT2D eigenvalue weighted by Gasteiger charge is 2.34. The maximum Gasteiger partial charge on any atom is 0.343 e. The van der Waals surface area contributed by atoms with Gasteiger partial charge in [-0.25, -0.2) is 9.48 Å². The third kappa shape index (κ3) is 6.40. The average molecular weight is 504 g/mol. The first-order valence-corrected chi connectivity index (χ1v) is 13.2. The molecule has 0 atom stereocenters. The standard InChI is InChI=1S/C30H37N3O4/c1-5-36-30(35)27-19-32(25-15-17-26(18-16-25)37-20-23-9-7-6-8-10-23)31-28(27)33(21(2)3)29(34)24-13-11-22(4)12-14-24/h6-10,15-19,21-22,24H,5,11-14,20H2,1-4H3/t22-,24-. The molecular formula is C30H37N3O4. The summed E-state index contributed by atoms with van der Waals surface area (Å²) in [5.41, 5.74) is 2.14. The van der Waals surface area contributed by atoms with Crippen LogP contribution in [-0.4, -0.2) is 34.3 Å². The summed E-state index contributed by atoms with van der Waals surface area (Å²) >= 11 is 0. The van der Waals surface area contributed by atoms with Crippen molar-refractivity contribution in [3.8, 4) is 11.4 Å². The van der Waals surface area contributed by atoms with Crippen molar-refractivity contribution in [2.75, 3.05) is 11.5 Å². The maximum absolute atomic E-state index is 13.7. The second-order valence-corrected chi connectivity index (χ2v) is 10.1. The van der Waals surface area contributed by atoms with Gasteiger partial charge in [-0.2, -0.15) is 0 Å². The highest BCUT2D eigenvalue weighted by molar-refractivity contribution is 6.02. The molecule has 0 aliphatic heterocycles. The highest BCUT2D eigenvalue weighted by Crippen LogP contribution is 2.33. The number of hydrogen-bond donors (Lipinski definition) is 0. The average Bonchev–Trinajstić information content (AvgIpc) is 3.33. The first-order valence-electron chi connectivity index (χ1n) is 13.2. The summed E-state index contributed by atoms with van der Waals surface area (Å²) in [7, 11) is 0. The Kier molecular flexibility index (Phi) is 8.64. The zero-order valence-electron chi connectivity index (χ0n) is 22.2. The summed E-state index contributed by atoms with van der Waals surface area (Å²) in [5, 5.41) is 4.74. The Morgan fingerprint density at radius 2 is 1.70 bits per heavy atom. The van der Waals surface area contributed by atoms with Gasteiger partial charge in [-0.15, -0.1) is 5.10 Å². The van der Waals surface area contributed by atoms with Crippen molar-refractivity contribution in [2.45, 2.75) is 66.0 Å². The summed E-state index contributed by atoms with van der Waals surface area (Å²) in [6.07, 6.45) is 5.46. The van der Waals surface area contributed by atoms with Gasteiger partial charge in [0.2, 0.25) is 5.91 Å². The van der Waals surface area contributed by atoms with Crippen molar-refractivity contribution in [1.29, 1.82) is 0 Å². The van der Waals surface area contributed by atoms with Gasteiger partial charge in [0.1, 0.15) is 17.9 Å². The Hall–Kier alpha value is -3.61. The molecule has 0 spiro atoms. The van der Waals surface area contributed by atoms with E-state index >= 15 is 0 Å². The smallest absolute Gasteiger partial charge is 0.343 e. The van der Waals surface area contributed by atoms with Gasteiger partial charge in [0.25, 0.3) is 0 Å². The van der Waals surface area contributed by atoms with Crippen molar-refractivity contribution < 1.29 is 19.1 Å². The molecule has 0 unspecified atom stereocenters. The van der Waals surface area contributed by atoms with Crippen LogP contribution in [0.25, 0.3) is 5.69 Å². The van der Waals surface area contributed by atoms with E-state index in [2.05, 4.69) is 6.92 Å². The van der Waals surface area contributed by atoms with Crippen LogP contribution in [0.2, 0.25) is 0 Å². The number of nitrogens with zero attached hydrogens (tertiary/aromatic N) is 3. The van der Waals surface area contributed by atoms with Crippen molar-refractivity contribution in [3.05, 3.63) is 71.9 Å². The fraction of sp³-hybridized carbons (Fsp3) is 0.433. The van der Waals surface area contributed by atoms with Crippen LogP contribution in [0.4, 0.5) is 5.82 Å². The minimum atomic E-state index is -0.484. The number of benzene rings is 2. The van der Waals surface area contributed by atoms with Crippen molar-refractivity contribution in [2.24, 2.45) is 11.8 Å².